The van der Waals surface area contributed by atoms with E-state index >= 15 is 0 Å². The lowest BCUT2D eigenvalue weighted by molar-refractivity contribution is 0.619. The molecule has 5 nitrogen and oxygen atoms in total. The highest BCUT2D eigenvalue weighted by molar-refractivity contribution is 5.97. The number of oxazole rings is 2. The van der Waals surface area contributed by atoms with E-state index in [1.54, 1.807) is 0 Å². The third-order valence-electron chi connectivity index (χ3n) is 8.52. The van der Waals surface area contributed by atoms with Crippen LogP contribution in [0.3, 0.4) is 0 Å². The van der Waals surface area contributed by atoms with Gasteiger partial charge in [-0.3, -0.25) is 0 Å². The molecule has 0 amide bonds. The minimum absolute atomic E-state index is 0.583. The third-order valence-corrected chi connectivity index (χ3v) is 8.52. The first-order valence-electron chi connectivity index (χ1n) is 15.6. The molecule has 9 rings (SSSR count). The maximum Gasteiger partial charge on any atom is 0.227 e. The highest BCUT2D eigenvalue weighted by atomic mass is 16.4. The molecule has 0 saturated carbocycles. The smallest absolute Gasteiger partial charge is 0.227 e. The van der Waals surface area contributed by atoms with E-state index in [9.17, 15) is 0 Å². The van der Waals surface area contributed by atoms with Crippen LogP contribution in [0.5, 0.6) is 0 Å². The maximum atomic E-state index is 6.16. The van der Waals surface area contributed by atoms with Gasteiger partial charge in [-0.1, -0.05) is 91.0 Å². The minimum Gasteiger partial charge on any atom is -0.436 e. The summed E-state index contributed by atoms with van der Waals surface area (Å²) in [6.07, 6.45) is 0. The van der Waals surface area contributed by atoms with Crippen molar-refractivity contribution in [1.82, 2.24) is 9.97 Å². The molecule has 0 N–H and O–H groups in total. The van der Waals surface area contributed by atoms with Crippen molar-refractivity contribution in [2.75, 3.05) is 4.90 Å². The molecule has 2 heterocycles. The average molecular weight is 606 g/mol. The number of benzene rings is 7. The quantitative estimate of drug-likeness (QED) is 0.189. The van der Waals surface area contributed by atoms with Gasteiger partial charge in [0.2, 0.25) is 11.8 Å². The Hall–Kier alpha value is -6.46. The van der Waals surface area contributed by atoms with Gasteiger partial charge in [0.05, 0.1) is 0 Å². The molecule has 9 aromatic rings. The van der Waals surface area contributed by atoms with Crippen LogP contribution in [0.25, 0.3) is 67.0 Å². The maximum absolute atomic E-state index is 6.16. The van der Waals surface area contributed by atoms with E-state index in [2.05, 4.69) is 95.9 Å². The Balaban J connectivity index is 1.17. The fourth-order valence-corrected chi connectivity index (χ4v) is 6.26. The van der Waals surface area contributed by atoms with Gasteiger partial charge in [0.15, 0.2) is 11.2 Å². The largest absolute Gasteiger partial charge is 0.436 e. The van der Waals surface area contributed by atoms with Crippen molar-refractivity contribution in [3.05, 3.63) is 164 Å². The van der Waals surface area contributed by atoms with Gasteiger partial charge in [-0.2, -0.15) is 0 Å². The van der Waals surface area contributed by atoms with E-state index in [0.717, 1.165) is 56.0 Å². The minimum atomic E-state index is 0.583. The molecule has 0 unspecified atom stereocenters. The van der Waals surface area contributed by atoms with Crippen LogP contribution in [0.15, 0.2) is 173 Å². The lowest BCUT2D eigenvalue weighted by Crippen LogP contribution is -2.10. The first-order valence-corrected chi connectivity index (χ1v) is 15.6. The van der Waals surface area contributed by atoms with Crippen LogP contribution < -0.4 is 4.90 Å². The number of hydrogen-bond acceptors (Lipinski definition) is 5. The monoisotopic (exact) mass is 605 g/mol. The lowest BCUT2D eigenvalue weighted by atomic mass is 9.98. The fraction of sp³-hybridized carbons (Fsp3) is 0. The van der Waals surface area contributed by atoms with Gasteiger partial charge >= 0.3 is 0 Å². The van der Waals surface area contributed by atoms with Crippen LogP contribution in [-0.4, -0.2) is 9.97 Å². The molecule has 0 radical (unpaired) electrons. The van der Waals surface area contributed by atoms with E-state index in [-0.39, 0.29) is 0 Å². The van der Waals surface area contributed by atoms with Gasteiger partial charge < -0.3 is 13.7 Å². The van der Waals surface area contributed by atoms with E-state index < -0.39 is 0 Å². The second-order valence-corrected chi connectivity index (χ2v) is 11.5. The van der Waals surface area contributed by atoms with Crippen molar-refractivity contribution in [3.8, 4) is 34.0 Å². The van der Waals surface area contributed by atoms with Gasteiger partial charge in [0, 0.05) is 28.2 Å². The summed E-state index contributed by atoms with van der Waals surface area (Å²) in [5.74, 6) is 1.17. The Bertz CT molecular complexity index is 2360. The number of fused-ring (bicyclic) bond motifs is 3. The zero-order valence-electron chi connectivity index (χ0n) is 25.2. The molecule has 222 valence electrons. The summed E-state index contributed by atoms with van der Waals surface area (Å²) < 4.78 is 12.3. The molecule has 0 aliphatic rings. The van der Waals surface area contributed by atoms with Crippen molar-refractivity contribution in [2.45, 2.75) is 0 Å². The molecule has 2 aromatic heterocycles. The number of hydrogen-bond donors (Lipinski definition) is 0. The molecule has 0 aliphatic heterocycles. The first-order chi connectivity index (χ1) is 23.3. The van der Waals surface area contributed by atoms with Crippen molar-refractivity contribution in [2.24, 2.45) is 0 Å². The van der Waals surface area contributed by atoms with E-state index in [1.807, 2.05) is 72.8 Å². The van der Waals surface area contributed by atoms with Crippen LogP contribution in [0, 0.1) is 0 Å². The summed E-state index contributed by atoms with van der Waals surface area (Å²) in [6.45, 7) is 0. The van der Waals surface area contributed by atoms with Crippen molar-refractivity contribution >= 4 is 50.0 Å². The highest BCUT2D eigenvalue weighted by Crippen LogP contribution is 2.40. The van der Waals surface area contributed by atoms with E-state index in [4.69, 9.17) is 18.8 Å². The molecule has 5 heteroatoms. The zero-order valence-corrected chi connectivity index (χ0v) is 25.2. The van der Waals surface area contributed by atoms with Gasteiger partial charge in [-0.25, -0.2) is 9.97 Å². The third kappa shape index (κ3) is 4.91. The van der Waals surface area contributed by atoms with E-state index in [0.29, 0.717) is 11.8 Å². The van der Waals surface area contributed by atoms with Gasteiger partial charge in [0.1, 0.15) is 11.0 Å². The molecule has 47 heavy (non-hydrogen) atoms. The SMILES string of the molecule is c1cc(-c2nc3ccccc3o2)cc(N(c2ccc(-c3cccc4ccccc34)cc2)c2cccc(-c3nc4ccccc4o3)c2)c1. The Morgan fingerprint density at radius 3 is 1.55 bits per heavy atom. The van der Waals surface area contributed by atoms with Crippen LogP contribution in [-0.2, 0) is 0 Å². The predicted molar refractivity (Wildman–Crippen MR) is 190 cm³/mol. The van der Waals surface area contributed by atoms with Crippen LogP contribution >= 0.6 is 0 Å². The number of anilines is 3. The van der Waals surface area contributed by atoms with Gasteiger partial charge in [0.25, 0.3) is 0 Å². The summed E-state index contributed by atoms with van der Waals surface area (Å²) in [5, 5.41) is 2.46. The van der Waals surface area contributed by atoms with Crippen molar-refractivity contribution in [1.29, 1.82) is 0 Å². The molecule has 0 aliphatic carbocycles. The topological polar surface area (TPSA) is 55.3 Å². The molecule has 0 atom stereocenters. The van der Waals surface area contributed by atoms with Crippen LogP contribution in [0.2, 0.25) is 0 Å². The fourth-order valence-electron chi connectivity index (χ4n) is 6.26. The summed E-state index contributed by atoms with van der Waals surface area (Å²) in [6, 6.07) is 56.0. The Labute approximate surface area is 271 Å². The van der Waals surface area contributed by atoms with Crippen molar-refractivity contribution < 1.29 is 8.83 Å². The summed E-state index contributed by atoms with van der Waals surface area (Å²) in [4.78, 5) is 11.8. The molecular formula is C42H27N3O2. The molecule has 0 bridgehead atoms. The van der Waals surface area contributed by atoms with Crippen LogP contribution in [0.1, 0.15) is 0 Å². The van der Waals surface area contributed by atoms with E-state index in [1.165, 1.54) is 16.3 Å². The Kier molecular flexibility index (Phi) is 6.39. The standard InChI is InChI=1S/C42H27N3O2/c1-2-16-35-28(10-1)11-9-17-36(35)29-22-24-32(25-23-29)45(33-14-7-12-30(26-33)41-43-37-18-3-5-20-39(37)46-41)34-15-8-13-31(27-34)42-44-38-19-4-6-21-40(38)47-42/h1-27H. The van der Waals surface area contributed by atoms with Crippen molar-refractivity contribution in [3.63, 3.8) is 0 Å². The molecule has 0 spiro atoms. The second kappa shape index (κ2) is 11.2. The summed E-state index contributed by atoms with van der Waals surface area (Å²) in [7, 11) is 0. The number of para-hydroxylation sites is 4. The number of nitrogens with zero attached hydrogens (tertiary/aromatic N) is 3. The predicted octanol–water partition coefficient (Wildman–Crippen LogP) is 11.6. The molecular weight excluding hydrogens is 578 g/mol. The number of rotatable bonds is 6. The lowest BCUT2D eigenvalue weighted by Gasteiger charge is -2.26. The Morgan fingerprint density at radius 2 is 0.936 bits per heavy atom. The van der Waals surface area contributed by atoms with Gasteiger partial charge in [-0.05, 0) is 94.7 Å². The van der Waals surface area contributed by atoms with Crippen LogP contribution in [0.4, 0.5) is 17.1 Å². The van der Waals surface area contributed by atoms with Gasteiger partial charge in [-0.15, -0.1) is 0 Å². The Morgan fingerprint density at radius 1 is 0.404 bits per heavy atom. The zero-order chi connectivity index (χ0) is 31.2. The molecule has 7 aromatic carbocycles. The molecule has 0 saturated heterocycles. The normalized spacial score (nSPS) is 11.4. The second-order valence-electron chi connectivity index (χ2n) is 11.5. The molecule has 0 fully saturated rings. The average Bonchev–Trinajstić information content (AvgIpc) is 3.77. The summed E-state index contributed by atoms with van der Waals surface area (Å²) >= 11 is 0. The first kappa shape index (κ1) is 26.9. The summed E-state index contributed by atoms with van der Waals surface area (Å²) in [5.41, 5.74) is 10.3. The highest BCUT2D eigenvalue weighted by Gasteiger charge is 2.18. The number of aromatic nitrogens is 2.